The van der Waals surface area contributed by atoms with Crippen molar-refractivity contribution in [2.24, 2.45) is 0 Å². The number of nitrogens with one attached hydrogen (secondary N) is 1. The Hall–Kier alpha value is -1.73. The summed E-state index contributed by atoms with van der Waals surface area (Å²) >= 11 is 7.52. The lowest BCUT2D eigenvalue weighted by Gasteiger charge is -2.09. The summed E-state index contributed by atoms with van der Waals surface area (Å²) in [6.45, 7) is 0. The predicted octanol–water partition coefficient (Wildman–Crippen LogP) is 3.88. The lowest BCUT2D eigenvalue weighted by molar-refractivity contribution is -0.113. The van der Waals surface area contributed by atoms with Crippen LogP contribution in [-0.2, 0) is 4.79 Å². The highest BCUT2D eigenvalue weighted by Crippen LogP contribution is 2.46. The number of aromatic nitrogens is 3. The van der Waals surface area contributed by atoms with Crippen LogP contribution in [0.25, 0.3) is 0 Å². The molecule has 4 rings (SSSR count). The summed E-state index contributed by atoms with van der Waals surface area (Å²) in [5.74, 6) is 2.45. The van der Waals surface area contributed by atoms with Gasteiger partial charge in [0.1, 0.15) is 11.6 Å². The van der Waals surface area contributed by atoms with Crippen molar-refractivity contribution in [3.8, 4) is 5.75 Å². The number of carbonyl (C=O) groups is 1. The fourth-order valence-corrected chi connectivity index (χ4v) is 3.82. The van der Waals surface area contributed by atoms with Gasteiger partial charge < -0.3 is 14.6 Å². The highest BCUT2D eigenvalue weighted by atomic mass is 35.5. The minimum absolute atomic E-state index is 0.0930. The van der Waals surface area contributed by atoms with E-state index in [0.29, 0.717) is 34.2 Å². The molecule has 2 aliphatic rings. The van der Waals surface area contributed by atoms with E-state index in [4.69, 9.17) is 16.3 Å². The minimum atomic E-state index is -0.0930. The Balaban J connectivity index is 1.38. The van der Waals surface area contributed by atoms with Crippen molar-refractivity contribution in [3.05, 3.63) is 29.0 Å². The van der Waals surface area contributed by atoms with Crippen molar-refractivity contribution >= 4 is 35.0 Å². The Labute approximate surface area is 155 Å². The molecule has 0 aliphatic heterocycles. The molecule has 2 saturated carbocycles. The van der Waals surface area contributed by atoms with Gasteiger partial charge in [0.2, 0.25) is 5.91 Å². The van der Waals surface area contributed by atoms with Gasteiger partial charge in [-0.1, -0.05) is 23.4 Å². The summed E-state index contributed by atoms with van der Waals surface area (Å²) in [4.78, 5) is 12.2. The molecule has 1 aromatic carbocycles. The molecule has 6 nitrogen and oxygen atoms in total. The number of carbonyl (C=O) groups excluding carboxylic acids is 1. The molecule has 2 aliphatic carbocycles. The number of nitrogens with zero attached hydrogens (tertiary/aromatic N) is 3. The van der Waals surface area contributed by atoms with E-state index < -0.39 is 0 Å². The third-order valence-electron chi connectivity index (χ3n) is 4.31. The maximum absolute atomic E-state index is 12.2. The van der Waals surface area contributed by atoms with Gasteiger partial charge in [0.05, 0.1) is 17.9 Å². The molecule has 2 fully saturated rings. The van der Waals surface area contributed by atoms with E-state index in [-0.39, 0.29) is 5.91 Å². The Bertz CT molecular complexity index is 802. The van der Waals surface area contributed by atoms with Gasteiger partial charge in [-0.25, -0.2) is 0 Å². The standard InChI is InChI=1S/C17H19ClN4O2S/c1-24-14-7-4-11(8-13(14)18)19-15(23)9-25-17-21-20-16(10-2-3-10)22(17)12-5-6-12/h4,7-8,10,12H,2-3,5-6,9H2,1H3,(H,19,23). The first-order valence-corrected chi connectivity index (χ1v) is 9.73. The Morgan fingerprint density at radius 2 is 2.16 bits per heavy atom. The molecule has 0 atom stereocenters. The molecule has 8 heteroatoms. The molecule has 25 heavy (non-hydrogen) atoms. The molecule has 0 radical (unpaired) electrons. The number of hydrogen-bond donors (Lipinski definition) is 1. The summed E-state index contributed by atoms with van der Waals surface area (Å²) in [6, 6.07) is 5.71. The van der Waals surface area contributed by atoms with E-state index >= 15 is 0 Å². The van der Waals surface area contributed by atoms with Gasteiger partial charge in [-0.05, 0) is 43.9 Å². The summed E-state index contributed by atoms with van der Waals surface area (Å²) in [5, 5.41) is 12.8. The van der Waals surface area contributed by atoms with Gasteiger partial charge in [-0.15, -0.1) is 10.2 Å². The van der Waals surface area contributed by atoms with Crippen molar-refractivity contribution in [1.29, 1.82) is 0 Å². The monoisotopic (exact) mass is 378 g/mol. The maximum atomic E-state index is 12.2. The SMILES string of the molecule is COc1ccc(NC(=O)CSc2nnc(C3CC3)n2C2CC2)cc1Cl. The first-order chi connectivity index (χ1) is 12.2. The second-order valence-electron chi connectivity index (χ2n) is 6.40. The van der Waals surface area contributed by atoms with E-state index in [0.717, 1.165) is 11.0 Å². The molecular formula is C17H19ClN4O2S. The van der Waals surface area contributed by atoms with Crippen molar-refractivity contribution in [1.82, 2.24) is 14.8 Å². The lowest BCUT2D eigenvalue weighted by Crippen LogP contribution is -2.14. The van der Waals surface area contributed by atoms with Gasteiger partial charge in [-0.2, -0.15) is 0 Å². The van der Waals surface area contributed by atoms with Crippen LogP contribution in [0.2, 0.25) is 5.02 Å². The third kappa shape index (κ3) is 3.77. The second kappa shape index (κ2) is 6.88. The normalized spacial score (nSPS) is 16.7. The molecule has 0 spiro atoms. The predicted molar refractivity (Wildman–Crippen MR) is 97.6 cm³/mol. The number of ether oxygens (including phenoxy) is 1. The average Bonchev–Trinajstić information content (AvgIpc) is 3.52. The number of thioether (sulfide) groups is 1. The van der Waals surface area contributed by atoms with E-state index in [1.54, 1.807) is 25.3 Å². The zero-order valence-corrected chi connectivity index (χ0v) is 15.4. The van der Waals surface area contributed by atoms with Gasteiger partial charge in [-0.3, -0.25) is 4.79 Å². The van der Waals surface area contributed by atoms with Gasteiger partial charge in [0.25, 0.3) is 0 Å². The summed E-state index contributed by atoms with van der Waals surface area (Å²) < 4.78 is 7.36. The average molecular weight is 379 g/mol. The van der Waals surface area contributed by atoms with Crippen LogP contribution in [0.4, 0.5) is 5.69 Å². The topological polar surface area (TPSA) is 69.0 Å². The van der Waals surface area contributed by atoms with Crippen LogP contribution in [0.1, 0.15) is 43.5 Å². The van der Waals surface area contributed by atoms with Gasteiger partial charge in [0, 0.05) is 17.6 Å². The fraction of sp³-hybridized carbons (Fsp3) is 0.471. The number of benzene rings is 1. The van der Waals surface area contributed by atoms with Crippen LogP contribution in [0.3, 0.4) is 0 Å². The third-order valence-corrected chi connectivity index (χ3v) is 5.55. The first kappa shape index (κ1) is 16.7. The van der Waals surface area contributed by atoms with E-state index in [2.05, 4.69) is 20.1 Å². The van der Waals surface area contributed by atoms with Crippen LogP contribution < -0.4 is 10.1 Å². The quantitative estimate of drug-likeness (QED) is 0.740. The smallest absolute Gasteiger partial charge is 0.234 e. The molecule has 1 aromatic heterocycles. The molecule has 0 unspecified atom stereocenters. The summed E-state index contributed by atoms with van der Waals surface area (Å²) in [5.41, 5.74) is 0.652. The van der Waals surface area contributed by atoms with Crippen LogP contribution in [0.5, 0.6) is 5.75 Å². The van der Waals surface area contributed by atoms with Crippen molar-refractivity contribution in [3.63, 3.8) is 0 Å². The first-order valence-electron chi connectivity index (χ1n) is 8.36. The van der Waals surface area contributed by atoms with E-state index in [1.807, 2.05) is 0 Å². The number of hydrogen-bond acceptors (Lipinski definition) is 5. The van der Waals surface area contributed by atoms with Crippen LogP contribution in [-0.4, -0.2) is 33.5 Å². The number of amides is 1. The maximum Gasteiger partial charge on any atom is 0.234 e. The summed E-state index contributed by atoms with van der Waals surface area (Å²) in [6.07, 6.45) is 4.77. The van der Waals surface area contributed by atoms with Crippen molar-refractivity contribution < 1.29 is 9.53 Å². The molecule has 1 amide bonds. The fourth-order valence-electron chi connectivity index (χ4n) is 2.75. The minimum Gasteiger partial charge on any atom is -0.495 e. The second-order valence-corrected chi connectivity index (χ2v) is 7.75. The number of methoxy groups -OCH3 is 1. The number of halogens is 1. The lowest BCUT2D eigenvalue weighted by atomic mass is 10.3. The van der Waals surface area contributed by atoms with Crippen LogP contribution in [0.15, 0.2) is 23.4 Å². The summed E-state index contributed by atoms with van der Waals surface area (Å²) in [7, 11) is 1.56. The molecule has 132 valence electrons. The molecule has 2 aromatic rings. The molecule has 0 saturated heterocycles. The van der Waals surface area contributed by atoms with Crippen LogP contribution in [0, 0.1) is 0 Å². The molecule has 0 bridgehead atoms. The largest absolute Gasteiger partial charge is 0.495 e. The number of anilines is 1. The zero-order valence-electron chi connectivity index (χ0n) is 13.9. The number of rotatable bonds is 7. The van der Waals surface area contributed by atoms with Gasteiger partial charge in [0.15, 0.2) is 5.16 Å². The highest BCUT2D eigenvalue weighted by molar-refractivity contribution is 7.99. The Morgan fingerprint density at radius 3 is 2.80 bits per heavy atom. The van der Waals surface area contributed by atoms with Crippen molar-refractivity contribution in [2.75, 3.05) is 18.2 Å². The van der Waals surface area contributed by atoms with Crippen molar-refractivity contribution in [2.45, 2.75) is 42.8 Å². The molecular weight excluding hydrogens is 360 g/mol. The zero-order chi connectivity index (χ0) is 17.4. The highest BCUT2D eigenvalue weighted by Gasteiger charge is 2.36. The van der Waals surface area contributed by atoms with E-state index in [1.165, 1.54) is 37.4 Å². The molecule has 1 heterocycles. The Morgan fingerprint density at radius 1 is 1.36 bits per heavy atom. The van der Waals surface area contributed by atoms with Gasteiger partial charge >= 0.3 is 0 Å². The Kier molecular flexibility index (Phi) is 4.60. The molecule has 1 N–H and O–H groups in total. The van der Waals surface area contributed by atoms with Crippen LogP contribution >= 0.6 is 23.4 Å². The van der Waals surface area contributed by atoms with E-state index in [9.17, 15) is 4.79 Å².